The maximum absolute atomic E-state index is 11.9. The van der Waals surface area contributed by atoms with Crippen molar-refractivity contribution in [2.24, 2.45) is 0 Å². The number of hydrogen-bond donors (Lipinski definition) is 1. The fraction of sp³-hybridized carbons (Fsp3) is 0.417. The Morgan fingerprint density at radius 2 is 1.83 bits per heavy atom. The number of phenols is 1. The third-order valence-electron chi connectivity index (χ3n) is 2.45. The van der Waals surface area contributed by atoms with Gasteiger partial charge in [-0.05, 0) is 35.3 Å². The molecule has 1 N–H and O–H groups in total. The van der Waals surface area contributed by atoms with Crippen molar-refractivity contribution in [1.29, 1.82) is 0 Å². The third-order valence-corrected chi connectivity index (χ3v) is 3.42. The van der Waals surface area contributed by atoms with Crippen molar-refractivity contribution in [2.75, 3.05) is 20.8 Å². The van der Waals surface area contributed by atoms with Gasteiger partial charge in [0.1, 0.15) is 5.56 Å². The fourth-order valence-corrected chi connectivity index (χ4v) is 1.99. The Labute approximate surface area is 114 Å². The maximum Gasteiger partial charge on any atom is 0.342 e. The molecule has 0 unspecified atom stereocenters. The van der Waals surface area contributed by atoms with E-state index in [0.29, 0.717) is 10.0 Å². The third kappa shape index (κ3) is 2.38. The van der Waals surface area contributed by atoms with Crippen LogP contribution >= 0.6 is 15.9 Å². The number of hydrogen-bond acceptors (Lipinski definition) is 5. The van der Waals surface area contributed by atoms with Crippen molar-refractivity contribution in [3.8, 4) is 17.2 Å². The lowest BCUT2D eigenvalue weighted by atomic mass is 10.1. The van der Waals surface area contributed by atoms with E-state index in [9.17, 15) is 9.90 Å². The van der Waals surface area contributed by atoms with Crippen molar-refractivity contribution in [2.45, 2.75) is 13.8 Å². The molecule has 0 saturated carbocycles. The maximum atomic E-state index is 11.9. The van der Waals surface area contributed by atoms with Crippen LogP contribution in [0.5, 0.6) is 17.2 Å². The molecule has 1 aromatic rings. The normalized spacial score (nSPS) is 10.1. The summed E-state index contributed by atoms with van der Waals surface area (Å²) in [5.41, 5.74) is 0.768. The average Bonchev–Trinajstić information content (AvgIpc) is 2.35. The van der Waals surface area contributed by atoms with Gasteiger partial charge in [0.2, 0.25) is 5.75 Å². The number of carbonyl (C=O) groups excluding carboxylic acids is 1. The molecule has 0 amide bonds. The van der Waals surface area contributed by atoms with E-state index in [0.717, 1.165) is 0 Å². The number of carbonyl (C=O) groups is 1. The molecule has 0 atom stereocenters. The first-order valence-corrected chi connectivity index (χ1v) is 6.08. The SMILES string of the molecule is CCOC(=O)c1c(C)c(Br)c(O)c(OC)c1OC. The summed E-state index contributed by atoms with van der Waals surface area (Å²) in [6.07, 6.45) is 0. The Bertz CT molecular complexity index is 470. The van der Waals surface area contributed by atoms with Gasteiger partial charge >= 0.3 is 5.97 Å². The van der Waals surface area contributed by atoms with E-state index in [-0.39, 0.29) is 29.4 Å². The number of aromatic hydroxyl groups is 1. The van der Waals surface area contributed by atoms with Gasteiger partial charge in [0.25, 0.3) is 0 Å². The number of benzene rings is 1. The lowest BCUT2D eigenvalue weighted by Gasteiger charge is -2.17. The lowest BCUT2D eigenvalue weighted by molar-refractivity contribution is 0.0521. The summed E-state index contributed by atoms with van der Waals surface area (Å²) in [6, 6.07) is 0. The standard InChI is InChI=1S/C12H15BrO5/c1-5-18-12(15)7-6(2)8(13)9(14)11(17-4)10(7)16-3/h14H,5H2,1-4H3. The summed E-state index contributed by atoms with van der Waals surface area (Å²) in [7, 11) is 2.78. The molecule has 0 aliphatic heterocycles. The second-order valence-corrected chi connectivity index (χ2v) is 4.24. The van der Waals surface area contributed by atoms with Gasteiger partial charge in [-0.1, -0.05) is 0 Å². The highest BCUT2D eigenvalue weighted by atomic mass is 79.9. The Balaban J connectivity index is 3.57. The molecule has 0 bridgehead atoms. The Morgan fingerprint density at radius 3 is 2.28 bits per heavy atom. The topological polar surface area (TPSA) is 65.0 Å². The smallest absolute Gasteiger partial charge is 0.342 e. The van der Waals surface area contributed by atoms with Gasteiger partial charge in [0.15, 0.2) is 11.5 Å². The molecular formula is C12H15BrO5. The minimum atomic E-state index is -0.522. The predicted octanol–water partition coefficient (Wildman–Crippen LogP) is 2.66. The summed E-state index contributed by atoms with van der Waals surface area (Å²) in [4.78, 5) is 11.9. The van der Waals surface area contributed by atoms with Crippen molar-refractivity contribution < 1.29 is 24.1 Å². The molecule has 18 heavy (non-hydrogen) atoms. The highest BCUT2D eigenvalue weighted by Gasteiger charge is 2.27. The quantitative estimate of drug-likeness (QED) is 0.864. The predicted molar refractivity (Wildman–Crippen MR) is 69.6 cm³/mol. The van der Waals surface area contributed by atoms with Crippen molar-refractivity contribution in [3.63, 3.8) is 0 Å². The molecule has 5 nitrogen and oxygen atoms in total. The first-order chi connectivity index (χ1) is 8.49. The van der Waals surface area contributed by atoms with Crippen LogP contribution in [0.4, 0.5) is 0 Å². The van der Waals surface area contributed by atoms with Crippen molar-refractivity contribution in [3.05, 3.63) is 15.6 Å². The van der Waals surface area contributed by atoms with Crippen LogP contribution in [0.2, 0.25) is 0 Å². The van der Waals surface area contributed by atoms with Gasteiger partial charge in [-0.3, -0.25) is 0 Å². The van der Waals surface area contributed by atoms with Crippen molar-refractivity contribution in [1.82, 2.24) is 0 Å². The van der Waals surface area contributed by atoms with Crippen LogP contribution in [-0.2, 0) is 4.74 Å². The van der Waals surface area contributed by atoms with Gasteiger partial charge in [-0.2, -0.15) is 0 Å². The van der Waals surface area contributed by atoms with Gasteiger partial charge in [0.05, 0.1) is 25.3 Å². The molecule has 0 heterocycles. The Kier molecular flexibility index (Phi) is 4.84. The van der Waals surface area contributed by atoms with Crippen LogP contribution in [0.1, 0.15) is 22.8 Å². The molecule has 0 aromatic heterocycles. The summed E-state index contributed by atoms with van der Waals surface area (Å²) in [6.45, 7) is 3.65. The number of methoxy groups -OCH3 is 2. The summed E-state index contributed by atoms with van der Waals surface area (Å²) >= 11 is 3.21. The Hall–Kier alpha value is -1.43. The van der Waals surface area contributed by atoms with Gasteiger partial charge < -0.3 is 19.3 Å². The number of ether oxygens (including phenoxy) is 3. The molecule has 0 fully saturated rings. The number of phenolic OH excluding ortho intramolecular Hbond substituents is 1. The van der Waals surface area contributed by atoms with E-state index in [1.807, 2.05) is 0 Å². The van der Waals surface area contributed by atoms with Crippen LogP contribution < -0.4 is 9.47 Å². The zero-order chi connectivity index (χ0) is 13.9. The number of halogens is 1. The van der Waals surface area contributed by atoms with Crippen LogP contribution in [0.15, 0.2) is 4.47 Å². The number of rotatable bonds is 4. The lowest BCUT2D eigenvalue weighted by Crippen LogP contribution is -2.10. The minimum Gasteiger partial charge on any atom is -0.503 e. The zero-order valence-electron chi connectivity index (χ0n) is 10.7. The molecule has 0 spiro atoms. The molecule has 0 aliphatic rings. The molecule has 100 valence electrons. The van der Waals surface area contributed by atoms with E-state index in [2.05, 4.69) is 15.9 Å². The van der Waals surface area contributed by atoms with Crippen LogP contribution in [0.3, 0.4) is 0 Å². The van der Waals surface area contributed by atoms with E-state index < -0.39 is 5.97 Å². The molecule has 6 heteroatoms. The van der Waals surface area contributed by atoms with Crippen LogP contribution in [0, 0.1) is 6.92 Å². The Morgan fingerprint density at radius 1 is 1.28 bits per heavy atom. The van der Waals surface area contributed by atoms with Crippen LogP contribution in [-0.4, -0.2) is 31.9 Å². The molecule has 1 rings (SSSR count). The molecule has 1 aromatic carbocycles. The molecule has 0 aliphatic carbocycles. The van der Waals surface area contributed by atoms with E-state index in [1.165, 1.54) is 14.2 Å². The summed E-state index contributed by atoms with van der Waals surface area (Å²) < 4.78 is 15.6. The second-order valence-electron chi connectivity index (χ2n) is 3.45. The second kappa shape index (κ2) is 5.95. The highest BCUT2D eigenvalue weighted by molar-refractivity contribution is 9.10. The minimum absolute atomic E-state index is 0.0954. The van der Waals surface area contributed by atoms with Gasteiger partial charge in [0, 0.05) is 0 Å². The highest BCUT2D eigenvalue weighted by Crippen LogP contribution is 2.47. The van der Waals surface area contributed by atoms with E-state index >= 15 is 0 Å². The first kappa shape index (κ1) is 14.6. The van der Waals surface area contributed by atoms with Crippen molar-refractivity contribution >= 4 is 21.9 Å². The van der Waals surface area contributed by atoms with E-state index in [1.54, 1.807) is 13.8 Å². The van der Waals surface area contributed by atoms with Gasteiger partial charge in [-0.25, -0.2) is 4.79 Å². The fourth-order valence-electron chi connectivity index (χ4n) is 1.61. The average molecular weight is 319 g/mol. The van der Waals surface area contributed by atoms with Crippen LogP contribution in [0.25, 0.3) is 0 Å². The van der Waals surface area contributed by atoms with E-state index in [4.69, 9.17) is 14.2 Å². The summed E-state index contributed by atoms with van der Waals surface area (Å²) in [5.74, 6) is -0.377. The summed E-state index contributed by atoms with van der Waals surface area (Å²) in [5, 5.41) is 9.92. The zero-order valence-corrected chi connectivity index (χ0v) is 12.3. The van der Waals surface area contributed by atoms with Gasteiger partial charge in [-0.15, -0.1) is 0 Å². The molecule has 0 saturated heterocycles. The number of esters is 1. The largest absolute Gasteiger partial charge is 0.503 e. The molecule has 0 radical (unpaired) electrons. The monoisotopic (exact) mass is 318 g/mol. The first-order valence-electron chi connectivity index (χ1n) is 5.29. The molecular weight excluding hydrogens is 304 g/mol.